The van der Waals surface area contributed by atoms with E-state index in [1.807, 2.05) is 6.08 Å². The molecule has 0 radical (unpaired) electrons. The lowest BCUT2D eigenvalue weighted by Crippen LogP contribution is -2.72. The van der Waals surface area contributed by atoms with Crippen molar-refractivity contribution in [3.8, 4) is 0 Å². The Bertz CT molecular complexity index is 2930. The molecular weight excluding hydrogens is 1620 g/mol. The first-order valence-corrected chi connectivity index (χ1v) is 45.5. The largest absolute Gasteiger partial charge is 0.477 e. The second kappa shape index (κ2) is 57.6. The van der Waals surface area contributed by atoms with Gasteiger partial charge in [-0.1, -0.05) is 219 Å². The Labute approximate surface area is 722 Å². The third kappa shape index (κ3) is 33.6. The molecule has 12 unspecified atom stereocenters. The lowest BCUT2D eigenvalue weighted by Gasteiger charge is -2.52. The van der Waals surface area contributed by atoms with E-state index in [1.54, 1.807) is 6.08 Å². The predicted molar refractivity (Wildman–Crippen MR) is 437 cm³/mol. The highest BCUT2D eigenvalue weighted by molar-refractivity contribution is 5.77. The number of hydrogen-bond donors (Lipinski definition) is 22. The number of amides is 3. The van der Waals surface area contributed by atoms with Crippen molar-refractivity contribution in [1.82, 2.24) is 16.0 Å². The van der Waals surface area contributed by atoms with Gasteiger partial charge < -0.3 is 170 Å². The molecule has 6 rings (SSSR count). The van der Waals surface area contributed by atoms with Gasteiger partial charge in [0.1, 0.15) is 134 Å². The summed E-state index contributed by atoms with van der Waals surface area (Å²) in [6.07, 6.45) is -18.2. The van der Waals surface area contributed by atoms with E-state index in [-0.39, 0.29) is 12.3 Å². The van der Waals surface area contributed by atoms with E-state index >= 15 is 0 Å². The fraction of sp³-hybridized carbons (Fsp3) is 0.929. The van der Waals surface area contributed by atoms with Gasteiger partial charge in [0.2, 0.25) is 17.7 Å². The predicted octanol–water partition coefficient (Wildman–Crippen LogP) is 0.150. The van der Waals surface area contributed by atoms with E-state index in [4.69, 9.17) is 56.8 Å². The van der Waals surface area contributed by atoms with Crippen molar-refractivity contribution in [3.63, 3.8) is 0 Å². The number of carboxylic acids is 1. The molecule has 6 heterocycles. The molecule has 0 aromatic heterocycles. The maximum Gasteiger partial charge on any atom is 0.364 e. The SMILES string of the molecule is CCCCCCCCCCCCC/C=C/[C@@H](O)[C@H](CO[C@@H]1OC(CO)[C@@H](O[C@@H]2OC(CO)[C@H](O)[C@H](O[C@@H]3OC(CO)[C@@H](O[C@H]4OC(C)[C@@H](O)C(O)[C@@H]4O)[C@H](O[C@@H]4OC(CO)[C@H](O)[C@H](O[C@]5(C(=O)O)CC(O)[C@@H](NC(C)=O)C([C@H](O)[C@H](O)CO)O5)C4O)C3NC(C)=O)C2O)[C@H](O)C1O)NC(=O)CCCCCCCCCCCCCCCCCCCCCCC. The van der Waals surface area contributed by atoms with Gasteiger partial charge in [0.25, 0.3) is 5.79 Å². The van der Waals surface area contributed by atoms with Crippen molar-refractivity contribution in [2.24, 2.45) is 0 Å². The van der Waals surface area contributed by atoms with E-state index in [0.717, 1.165) is 65.2 Å². The minimum atomic E-state index is -3.30. The van der Waals surface area contributed by atoms with Crippen molar-refractivity contribution in [3.05, 3.63) is 12.2 Å². The van der Waals surface area contributed by atoms with Crippen LogP contribution in [0.15, 0.2) is 12.2 Å². The molecule has 0 aromatic rings. The van der Waals surface area contributed by atoms with E-state index in [9.17, 15) is 116 Å². The molecule has 123 heavy (non-hydrogen) atoms. The summed E-state index contributed by atoms with van der Waals surface area (Å²) in [5.41, 5.74) is 0. The third-order valence-electron chi connectivity index (χ3n) is 24.2. The number of carbonyl (C=O) groups is 4. The summed E-state index contributed by atoms with van der Waals surface area (Å²) in [7, 11) is 0. The molecule has 6 aliphatic rings. The Hall–Kier alpha value is -3.58. The van der Waals surface area contributed by atoms with Gasteiger partial charge in [-0.05, 0) is 26.2 Å². The van der Waals surface area contributed by atoms with Gasteiger partial charge >= 0.3 is 5.97 Å². The number of aliphatic carboxylic acids is 1. The van der Waals surface area contributed by atoms with Crippen LogP contribution in [0.4, 0.5) is 0 Å². The first-order valence-electron chi connectivity index (χ1n) is 45.5. The topological polar surface area (TPSA) is 600 Å². The van der Waals surface area contributed by atoms with Crippen LogP contribution in [0, 0.1) is 0 Å². The zero-order chi connectivity index (χ0) is 90.3. The number of carbonyl (C=O) groups excluding carboxylic acids is 3. The summed E-state index contributed by atoms with van der Waals surface area (Å²) in [4.78, 5) is 53.0. The van der Waals surface area contributed by atoms with Crippen LogP contribution in [0.1, 0.15) is 259 Å². The van der Waals surface area contributed by atoms with E-state index < -0.39 is 266 Å². The van der Waals surface area contributed by atoms with Crippen molar-refractivity contribution < 1.29 is 173 Å². The number of unbranched alkanes of at least 4 members (excludes halogenated alkanes) is 31. The first-order chi connectivity index (χ1) is 59.0. The normalized spacial score (nSPS) is 35.4. The van der Waals surface area contributed by atoms with Crippen LogP contribution in [-0.4, -0.2) is 362 Å². The maximum absolute atomic E-state index is 13.7. The van der Waals surface area contributed by atoms with E-state index in [1.165, 1.54) is 155 Å². The summed E-state index contributed by atoms with van der Waals surface area (Å²) in [6, 6.07) is -4.88. The lowest BCUT2D eigenvalue weighted by molar-refractivity contribution is -0.399. The van der Waals surface area contributed by atoms with Crippen LogP contribution in [0.25, 0.3) is 0 Å². The second-order valence-corrected chi connectivity index (χ2v) is 34.2. The summed E-state index contributed by atoms with van der Waals surface area (Å²) in [5, 5.41) is 221. The Balaban J connectivity index is 1.17. The molecule has 3 amide bonds. The van der Waals surface area contributed by atoms with Crippen LogP contribution in [0.3, 0.4) is 0 Å². The summed E-state index contributed by atoms with van der Waals surface area (Å²) >= 11 is 0. The average molecular weight is 1780 g/mol. The van der Waals surface area contributed by atoms with Gasteiger partial charge in [0, 0.05) is 26.7 Å². The highest BCUT2D eigenvalue weighted by Crippen LogP contribution is 2.41. The highest BCUT2D eigenvalue weighted by Gasteiger charge is 2.62. The van der Waals surface area contributed by atoms with Crippen LogP contribution in [-0.2, 0) is 76.0 Å². The Morgan fingerprint density at radius 2 is 0.846 bits per heavy atom. The Kier molecular flexibility index (Phi) is 50.6. The van der Waals surface area contributed by atoms with Crippen molar-refractivity contribution in [2.45, 2.75) is 461 Å². The number of aliphatic hydroxyl groups is 18. The molecule has 0 saturated carbocycles. The number of nitrogens with one attached hydrogen (secondary N) is 3. The molecule has 6 aliphatic heterocycles. The van der Waals surface area contributed by atoms with Crippen molar-refractivity contribution in [2.75, 3.05) is 39.6 Å². The molecule has 718 valence electrons. The molecule has 22 N–H and O–H groups in total. The standard InChI is InChI=1S/C85H153N3O35/c1-6-8-10-12-14-16-18-20-21-22-23-24-25-26-27-29-31-33-35-37-39-41-60(99)88-52(53(96)40-38-36-34-32-30-28-19-17-15-13-11-9-7-2)48-112-80-70(107)68(105)73(58(46-92)117-80)118-82-71(108)77(65(102)56(44-90)114-82)121-79-62(87-51(5)95)76(74(59(47-93)116-79)119-81-69(106)67(104)63(100)49(3)113-81)120-83-72(109)78(66(103)57(45-91)115-83)123-85(84(110)111)42-54(97)61(86-50(4)94)75(122-85)64(101)55(98)43-89/h38,40,49,52-59,61-83,89-93,96-98,100-109H,6-37,39,41-48H2,1-5H3,(H,86,94)(H,87,95)(H,88,99)(H,110,111)/b40-38+/t49?,52-,53+,54?,55+,56?,57?,58?,59?,61+,62?,63+,64+,65-,66-,67?,68+,69-,70?,71?,72?,73+,74+,75?,76+,77-,78-,79-,80+,81+,82-,83-,85-/m0/s1. The third-order valence-corrected chi connectivity index (χ3v) is 24.2. The van der Waals surface area contributed by atoms with Crippen LogP contribution in [0.5, 0.6) is 0 Å². The number of carboxylic acid groups (broad SMARTS) is 1. The van der Waals surface area contributed by atoms with Gasteiger partial charge in [0.15, 0.2) is 31.5 Å². The van der Waals surface area contributed by atoms with Gasteiger partial charge in [-0.15, -0.1) is 0 Å². The van der Waals surface area contributed by atoms with Crippen LogP contribution < -0.4 is 16.0 Å². The van der Waals surface area contributed by atoms with Crippen molar-refractivity contribution >= 4 is 23.7 Å². The van der Waals surface area contributed by atoms with E-state index in [2.05, 4.69) is 29.8 Å². The first kappa shape index (κ1) is 108. The van der Waals surface area contributed by atoms with Gasteiger partial charge in [-0.3, -0.25) is 14.4 Å². The monoisotopic (exact) mass is 1780 g/mol. The van der Waals surface area contributed by atoms with Crippen LogP contribution in [0.2, 0.25) is 0 Å². The molecule has 0 spiro atoms. The number of rotatable bonds is 60. The zero-order valence-corrected chi connectivity index (χ0v) is 72.7. The molecule has 0 aliphatic carbocycles. The average Bonchev–Trinajstić information content (AvgIpc) is 0.753. The highest BCUT2D eigenvalue weighted by atomic mass is 16.8. The molecule has 6 fully saturated rings. The smallest absolute Gasteiger partial charge is 0.364 e. The molecule has 38 nitrogen and oxygen atoms in total. The Morgan fingerprint density at radius 1 is 0.439 bits per heavy atom. The molecule has 0 bridgehead atoms. The Morgan fingerprint density at radius 3 is 1.33 bits per heavy atom. The van der Waals surface area contributed by atoms with Crippen LogP contribution >= 0.6 is 0 Å². The molecule has 38 heteroatoms. The second-order valence-electron chi connectivity index (χ2n) is 34.2. The molecule has 0 aromatic carbocycles. The molecule has 6 saturated heterocycles. The number of ether oxygens (including phenoxy) is 12. The lowest BCUT2D eigenvalue weighted by atomic mass is 9.88. The molecule has 33 atom stereocenters. The van der Waals surface area contributed by atoms with Gasteiger partial charge in [-0.2, -0.15) is 0 Å². The summed E-state index contributed by atoms with van der Waals surface area (Å²) in [6.45, 7) is 1.50. The number of allylic oxidation sites excluding steroid dienone is 1. The van der Waals surface area contributed by atoms with Crippen molar-refractivity contribution in [1.29, 1.82) is 0 Å². The van der Waals surface area contributed by atoms with Gasteiger partial charge in [0.05, 0.1) is 70.0 Å². The number of hydrogen-bond acceptors (Lipinski definition) is 34. The fourth-order valence-electron chi connectivity index (χ4n) is 16.8. The summed E-state index contributed by atoms with van der Waals surface area (Å²) < 4.78 is 72.3. The number of aliphatic hydroxyl groups excluding tert-OH is 18. The maximum atomic E-state index is 13.7. The fourth-order valence-corrected chi connectivity index (χ4v) is 16.8. The quantitative estimate of drug-likeness (QED) is 0.0285. The minimum Gasteiger partial charge on any atom is -0.477 e. The van der Waals surface area contributed by atoms with E-state index in [0.29, 0.717) is 12.8 Å². The van der Waals surface area contributed by atoms with Gasteiger partial charge in [-0.25, -0.2) is 4.79 Å². The summed E-state index contributed by atoms with van der Waals surface area (Å²) in [5.74, 6) is -7.64. The molecular formula is C85H153N3O35. The zero-order valence-electron chi connectivity index (χ0n) is 72.7. The minimum absolute atomic E-state index is 0.148.